The van der Waals surface area contributed by atoms with Gasteiger partial charge in [-0.05, 0) is 11.6 Å². The second-order valence-corrected chi connectivity index (χ2v) is 3.00. The van der Waals surface area contributed by atoms with Crippen LogP contribution in [-0.2, 0) is 12.5 Å². The minimum atomic E-state index is -2.76. The maximum atomic E-state index is 12.4. The lowest BCUT2D eigenvalue weighted by atomic mass is 10.1. The van der Waals surface area contributed by atoms with E-state index >= 15 is 0 Å². The lowest BCUT2D eigenvalue weighted by molar-refractivity contribution is 0.145. The fraction of sp³-hybridized carbons (Fsp3) is 0.333. The van der Waals surface area contributed by atoms with Gasteiger partial charge in [0.2, 0.25) is 0 Å². The SMILES string of the molecule is N#Cc1nc(C(F)F)cc(CCl)c1CO. The Bertz CT molecular complexity index is 404. The Kier molecular flexibility index (Phi) is 3.95. The van der Waals surface area contributed by atoms with Crippen molar-refractivity contribution >= 4 is 11.6 Å². The Morgan fingerprint density at radius 3 is 2.67 bits per heavy atom. The number of aliphatic hydroxyl groups excluding tert-OH is 1. The molecule has 1 rings (SSSR count). The van der Waals surface area contributed by atoms with E-state index in [1.807, 2.05) is 0 Å². The number of nitrogens with zero attached hydrogens (tertiary/aromatic N) is 2. The zero-order valence-corrected chi connectivity index (χ0v) is 8.30. The highest BCUT2D eigenvalue weighted by Gasteiger charge is 2.16. The molecule has 1 N–H and O–H groups in total. The van der Waals surface area contributed by atoms with Gasteiger partial charge >= 0.3 is 0 Å². The molecule has 80 valence electrons. The number of hydrogen-bond donors (Lipinski definition) is 1. The van der Waals surface area contributed by atoms with Gasteiger partial charge in [0, 0.05) is 11.4 Å². The molecule has 0 unspecified atom stereocenters. The highest BCUT2D eigenvalue weighted by atomic mass is 35.5. The Morgan fingerprint density at radius 1 is 1.60 bits per heavy atom. The summed E-state index contributed by atoms with van der Waals surface area (Å²) in [6, 6.07) is 2.75. The number of aromatic nitrogens is 1. The number of aliphatic hydroxyl groups is 1. The number of nitriles is 1. The molecule has 0 aliphatic rings. The van der Waals surface area contributed by atoms with Crippen LogP contribution in [0.2, 0.25) is 0 Å². The molecule has 0 atom stereocenters. The van der Waals surface area contributed by atoms with Crippen LogP contribution < -0.4 is 0 Å². The number of alkyl halides is 3. The van der Waals surface area contributed by atoms with Gasteiger partial charge in [-0.15, -0.1) is 11.6 Å². The van der Waals surface area contributed by atoms with Crippen LogP contribution in [0.4, 0.5) is 8.78 Å². The molecular weight excluding hydrogens is 226 g/mol. The summed E-state index contributed by atoms with van der Waals surface area (Å²) < 4.78 is 24.7. The van der Waals surface area contributed by atoms with E-state index in [4.69, 9.17) is 22.0 Å². The van der Waals surface area contributed by atoms with Gasteiger partial charge in [-0.25, -0.2) is 13.8 Å². The molecule has 0 aliphatic carbocycles. The van der Waals surface area contributed by atoms with E-state index in [0.29, 0.717) is 5.56 Å². The summed E-state index contributed by atoms with van der Waals surface area (Å²) in [6.45, 7) is -0.443. The highest BCUT2D eigenvalue weighted by molar-refractivity contribution is 6.17. The van der Waals surface area contributed by atoms with E-state index in [2.05, 4.69) is 4.98 Å². The van der Waals surface area contributed by atoms with E-state index in [1.54, 1.807) is 6.07 Å². The van der Waals surface area contributed by atoms with Crippen molar-refractivity contribution in [3.05, 3.63) is 28.6 Å². The Labute approximate surface area is 89.9 Å². The van der Waals surface area contributed by atoms with Crippen LogP contribution >= 0.6 is 11.6 Å². The lowest BCUT2D eigenvalue weighted by Crippen LogP contribution is -2.03. The minimum absolute atomic E-state index is 0.0488. The molecule has 6 heteroatoms. The van der Waals surface area contributed by atoms with Crippen LogP contribution in [0.5, 0.6) is 0 Å². The average Bonchev–Trinajstić information content (AvgIpc) is 2.26. The van der Waals surface area contributed by atoms with Gasteiger partial charge in [-0.3, -0.25) is 0 Å². The van der Waals surface area contributed by atoms with E-state index in [9.17, 15) is 8.78 Å². The van der Waals surface area contributed by atoms with Crippen molar-refractivity contribution in [1.29, 1.82) is 5.26 Å². The van der Waals surface area contributed by atoms with Crippen LogP contribution in [-0.4, -0.2) is 10.1 Å². The third-order valence-corrected chi connectivity index (χ3v) is 2.16. The number of hydrogen-bond acceptors (Lipinski definition) is 3. The molecule has 1 aromatic heterocycles. The molecule has 0 bridgehead atoms. The first-order chi connectivity index (χ1) is 7.13. The fourth-order valence-corrected chi connectivity index (χ4v) is 1.38. The zero-order valence-electron chi connectivity index (χ0n) is 7.54. The lowest BCUT2D eigenvalue weighted by Gasteiger charge is -2.08. The largest absolute Gasteiger partial charge is 0.392 e. The smallest absolute Gasteiger partial charge is 0.280 e. The summed E-state index contributed by atoms with van der Waals surface area (Å²) in [5.74, 6) is -0.0488. The third-order valence-electron chi connectivity index (χ3n) is 1.87. The molecular formula is C9H7ClF2N2O. The van der Waals surface area contributed by atoms with Gasteiger partial charge in [0.15, 0.2) is 0 Å². The predicted molar refractivity (Wildman–Crippen MR) is 49.4 cm³/mol. The monoisotopic (exact) mass is 232 g/mol. The molecule has 0 fully saturated rings. The maximum Gasteiger partial charge on any atom is 0.280 e. The van der Waals surface area contributed by atoms with E-state index in [0.717, 1.165) is 6.07 Å². The molecule has 1 aromatic rings. The Morgan fingerprint density at radius 2 is 2.27 bits per heavy atom. The van der Waals surface area contributed by atoms with Crippen molar-refractivity contribution in [1.82, 2.24) is 4.98 Å². The standard InChI is InChI=1S/C9H7ClF2N2O/c10-2-5-1-7(9(11)12)14-8(3-13)6(5)4-15/h1,9,15H,2,4H2. The number of pyridine rings is 1. The summed E-state index contributed by atoms with van der Waals surface area (Å²) >= 11 is 5.52. The van der Waals surface area contributed by atoms with Crippen LogP contribution in [0, 0.1) is 11.3 Å². The molecule has 1 heterocycles. The second kappa shape index (κ2) is 5.01. The van der Waals surface area contributed by atoms with E-state index in [1.165, 1.54) is 0 Å². The van der Waals surface area contributed by atoms with Gasteiger partial charge < -0.3 is 5.11 Å². The molecule has 0 saturated carbocycles. The third kappa shape index (κ3) is 2.41. The molecule has 0 saturated heterocycles. The topological polar surface area (TPSA) is 56.9 Å². The maximum absolute atomic E-state index is 12.4. The summed E-state index contributed by atoms with van der Waals surface area (Å²) in [6.07, 6.45) is -2.76. The van der Waals surface area contributed by atoms with Crippen molar-refractivity contribution in [3.8, 4) is 6.07 Å². The Balaban J connectivity index is 3.37. The van der Waals surface area contributed by atoms with Crippen molar-refractivity contribution in [2.24, 2.45) is 0 Å². The quantitative estimate of drug-likeness (QED) is 0.812. The van der Waals surface area contributed by atoms with Crippen molar-refractivity contribution in [3.63, 3.8) is 0 Å². The summed E-state index contributed by atoms with van der Waals surface area (Å²) in [7, 11) is 0. The van der Waals surface area contributed by atoms with Gasteiger partial charge in [0.05, 0.1) is 6.61 Å². The summed E-state index contributed by atoms with van der Waals surface area (Å²) in [5.41, 5.74) is -0.191. The summed E-state index contributed by atoms with van der Waals surface area (Å²) in [5, 5.41) is 17.6. The molecule has 15 heavy (non-hydrogen) atoms. The summed E-state index contributed by atoms with van der Waals surface area (Å²) in [4.78, 5) is 3.44. The van der Waals surface area contributed by atoms with Gasteiger partial charge in [0.25, 0.3) is 6.43 Å². The van der Waals surface area contributed by atoms with E-state index < -0.39 is 18.7 Å². The molecule has 0 radical (unpaired) electrons. The zero-order chi connectivity index (χ0) is 11.4. The van der Waals surface area contributed by atoms with Gasteiger partial charge in [-0.1, -0.05) is 0 Å². The first kappa shape index (κ1) is 11.8. The fourth-order valence-electron chi connectivity index (χ4n) is 1.15. The van der Waals surface area contributed by atoms with Crippen molar-refractivity contribution in [2.45, 2.75) is 18.9 Å². The van der Waals surface area contributed by atoms with Crippen molar-refractivity contribution in [2.75, 3.05) is 0 Å². The molecule has 3 nitrogen and oxygen atoms in total. The van der Waals surface area contributed by atoms with Crippen LogP contribution in [0.15, 0.2) is 6.07 Å². The molecule has 0 aromatic carbocycles. The van der Waals surface area contributed by atoms with E-state index in [-0.39, 0.29) is 17.1 Å². The average molecular weight is 233 g/mol. The molecule has 0 amide bonds. The number of rotatable bonds is 3. The van der Waals surface area contributed by atoms with Crippen molar-refractivity contribution < 1.29 is 13.9 Å². The Hall–Kier alpha value is -1.25. The van der Waals surface area contributed by atoms with Crippen LogP contribution in [0.3, 0.4) is 0 Å². The number of halogens is 3. The van der Waals surface area contributed by atoms with Gasteiger partial charge in [0.1, 0.15) is 17.5 Å². The second-order valence-electron chi connectivity index (χ2n) is 2.74. The molecule has 0 aliphatic heterocycles. The minimum Gasteiger partial charge on any atom is -0.392 e. The van der Waals surface area contributed by atoms with Gasteiger partial charge in [-0.2, -0.15) is 5.26 Å². The first-order valence-electron chi connectivity index (χ1n) is 4.01. The van der Waals surface area contributed by atoms with Crippen LogP contribution in [0.1, 0.15) is 28.9 Å². The predicted octanol–water partition coefficient (Wildman–Crippen LogP) is 2.12. The normalized spacial score (nSPS) is 10.4. The van der Waals surface area contributed by atoms with Crippen LogP contribution in [0.25, 0.3) is 0 Å². The highest BCUT2D eigenvalue weighted by Crippen LogP contribution is 2.23. The first-order valence-corrected chi connectivity index (χ1v) is 4.55. The molecule has 0 spiro atoms.